The van der Waals surface area contributed by atoms with Crippen LogP contribution in [0.25, 0.3) is 22.8 Å². The molecule has 3 aliphatic rings. The smallest absolute Gasteiger partial charge is 0.410 e. The van der Waals surface area contributed by atoms with Gasteiger partial charge in [-0.1, -0.05) is 91.5 Å². The predicted molar refractivity (Wildman–Crippen MR) is 134 cm³/mol. The van der Waals surface area contributed by atoms with Crippen molar-refractivity contribution in [3.05, 3.63) is 108 Å². The van der Waals surface area contributed by atoms with Gasteiger partial charge in [0.25, 0.3) is 0 Å². The fraction of sp³-hybridized carbons (Fsp3) is 0.233. The summed E-state index contributed by atoms with van der Waals surface area (Å²) in [6.45, 7) is 5.30. The van der Waals surface area contributed by atoms with Crippen molar-refractivity contribution in [1.29, 1.82) is 0 Å². The van der Waals surface area contributed by atoms with E-state index in [9.17, 15) is 4.79 Å². The summed E-state index contributed by atoms with van der Waals surface area (Å²) < 4.78 is 11.8. The molecule has 2 atom stereocenters. The lowest BCUT2D eigenvalue weighted by molar-refractivity contribution is -0.0331. The van der Waals surface area contributed by atoms with E-state index in [1.165, 1.54) is 33.4 Å². The molecule has 2 heterocycles. The Hall–Kier alpha value is -3.63. The van der Waals surface area contributed by atoms with Gasteiger partial charge in [0.15, 0.2) is 0 Å². The van der Waals surface area contributed by atoms with Crippen LogP contribution in [0.1, 0.15) is 34.6 Å². The molecule has 2 bridgehead atoms. The third-order valence-corrected chi connectivity index (χ3v) is 7.27. The summed E-state index contributed by atoms with van der Waals surface area (Å²) in [6, 6.07) is 24.9. The second-order valence-corrected chi connectivity index (χ2v) is 9.16. The Bertz CT molecular complexity index is 1250. The average Bonchev–Trinajstić information content (AvgIpc) is 3.20. The van der Waals surface area contributed by atoms with Crippen LogP contribution in [0.5, 0.6) is 0 Å². The number of carbonyl (C=O) groups is 1. The first-order chi connectivity index (χ1) is 16.7. The van der Waals surface area contributed by atoms with Gasteiger partial charge in [0.1, 0.15) is 6.61 Å². The fourth-order valence-electron chi connectivity index (χ4n) is 5.72. The first kappa shape index (κ1) is 20.9. The second kappa shape index (κ2) is 8.62. The van der Waals surface area contributed by atoms with Gasteiger partial charge in [0.2, 0.25) is 0 Å². The Morgan fingerprint density at radius 3 is 2.26 bits per heavy atom. The molecule has 3 aromatic carbocycles. The second-order valence-electron chi connectivity index (χ2n) is 9.16. The number of rotatable bonds is 4. The maximum atomic E-state index is 13.4. The number of fused-ring (bicyclic) bond motifs is 5. The van der Waals surface area contributed by atoms with Crippen LogP contribution in [0.3, 0.4) is 0 Å². The van der Waals surface area contributed by atoms with Gasteiger partial charge in [-0.25, -0.2) is 4.79 Å². The fourth-order valence-corrected chi connectivity index (χ4v) is 5.72. The van der Waals surface area contributed by atoms with Gasteiger partial charge in [-0.05, 0) is 45.4 Å². The molecular formula is C30H27NO3. The van der Waals surface area contributed by atoms with E-state index in [2.05, 4.69) is 73.3 Å². The van der Waals surface area contributed by atoms with Gasteiger partial charge >= 0.3 is 6.09 Å². The number of nitrogens with zero attached hydrogens (tertiary/aromatic N) is 1. The van der Waals surface area contributed by atoms with Gasteiger partial charge in [0, 0.05) is 5.92 Å². The molecule has 34 heavy (non-hydrogen) atoms. The van der Waals surface area contributed by atoms with Crippen molar-refractivity contribution in [2.24, 2.45) is 0 Å². The molecular weight excluding hydrogens is 422 g/mol. The molecule has 0 spiro atoms. The topological polar surface area (TPSA) is 38.8 Å². The van der Waals surface area contributed by atoms with Gasteiger partial charge < -0.3 is 9.47 Å². The molecule has 1 aliphatic carbocycles. The Kier molecular flexibility index (Phi) is 5.31. The quantitative estimate of drug-likeness (QED) is 0.481. The molecule has 4 heteroatoms. The normalized spacial score (nSPS) is 20.8. The molecule has 2 aliphatic heterocycles. The van der Waals surface area contributed by atoms with Crippen LogP contribution >= 0.6 is 0 Å². The van der Waals surface area contributed by atoms with Crippen molar-refractivity contribution < 1.29 is 14.3 Å². The highest BCUT2D eigenvalue weighted by atomic mass is 16.6. The van der Waals surface area contributed by atoms with E-state index in [1.54, 1.807) is 0 Å². The van der Waals surface area contributed by atoms with E-state index in [4.69, 9.17) is 9.47 Å². The molecule has 0 saturated carbocycles. The first-order valence-corrected chi connectivity index (χ1v) is 11.9. The third-order valence-electron chi connectivity index (χ3n) is 7.27. The zero-order chi connectivity index (χ0) is 23.1. The standard InChI is InChI=1S/C30H27NO3/c1-2-20-9-3-4-10-24(20)21-15-22-17-33-18-23(16-21)31(22)30(32)34-19-29-27-13-7-5-11-25(27)26-12-6-8-14-28(26)29/h2-15,22-23,29H,1,16-19H2. The highest BCUT2D eigenvalue weighted by Crippen LogP contribution is 2.44. The van der Waals surface area contributed by atoms with Gasteiger partial charge in [-0.2, -0.15) is 0 Å². The molecule has 1 amide bonds. The molecule has 1 saturated heterocycles. The molecule has 1 fully saturated rings. The number of hydrogen-bond acceptors (Lipinski definition) is 3. The molecule has 0 radical (unpaired) electrons. The molecule has 3 aromatic rings. The Labute approximate surface area is 200 Å². The van der Waals surface area contributed by atoms with E-state index < -0.39 is 0 Å². The predicted octanol–water partition coefficient (Wildman–Crippen LogP) is 6.14. The van der Waals surface area contributed by atoms with Crippen molar-refractivity contribution in [3.63, 3.8) is 0 Å². The van der Waals surface area contributed by atoms with Gasteiger partial charge in [-0.15, -0.1) is 0 Å². The average molecular weight is 450 g/mol. The largest absolute Gasteiger partial charge is 0.448 e. The van der Waals surface area contributed by atoms with Gasteiger partial charge in [0.05, 0.1) is 25.3 Å². The molecule has 170 valence electrons. The lowest BCUT2D eigenvalue weighted by atomic mass is 9.88. The molecule has 2 unspecified atom stereocenters. The summed E-state index contributed by atoms with van der Waals surface area (Å²) in [5, 5.41) is 0. The Morgan fingerprint density at radius 2 is 1.59 bits per heavy atom. The van der Waals surface area contributed by atoms with Crippen molar-refractivity contribution in [2.75, 3.05) is 19.8 Å². The van der Waals surface area contributed by atoms with E-state index in [1.807, 2.05) is 23.1 Å². The minimum Gasteiger partial charge on any atom is -0.448 e. The summed E-state index contributed by atoms with van der Waals surface area (Å²) >= 11 is 0. The molecule has 0 aromatic heterocycles. The maximum Gasteiger partial charge on any atom is 0.410 e. The highest BCUT2D eigenvalue weighted by molar-refractivity contribution is 5.80. The van der Waals surface area contributed by atoms with Crippen molar-refractivity contribution >= 4 is 17.7 Å². The summed E-state index contributed by atoms with van der Waals surface area (Å²) in [4.78, 5) is 15.2. The number of ether oxygens (including phenoxy) is 2. The Morgan fingerprint density at radius 1 is 0.941 bits per heavy atom. The SMILES string of the molecule is C=Cc1ccccc1C1=CC2COCC(C1)N2C(=O)OCC1c2ccccc2-c2ccccc21. The number of amides is 1. The van der Waals surface area contributed by atoms with Crippen LogP contribution in [-0.4, -0.2) is 42.9 Å². The zero-order valence-electron chi connectivity index (χ0n) is 19.0. The van der Waals surface area contributed by atoms with Crippen LogP contribution in [0.15, 0.2) is 85.5 Å². The molecule has 4 nitrogen and oxygen atoms in total. The van der Waals surface area contributed by atoms with Crippen LogP contribution in [-0.2, 0) is 9.47 Å². The first-order valence-electron chi connectivity index (χ1n) is 11.9. The van der Waals surface area contributed by atoms with E-state index in [0.717, 1.165) is 12.0 Å². The van der Waals surface area contributed by atoms with Crippen molar-refractivity contribution in [2.45, 2.75) is 24.4 Å². The van der Waals surface area contributed by atoms with Crippen LogP contribution in [0, 0.1) is 0 Å². The minimum absolute atomic E-state index is 0.0349. The number of hydrogen-bond donors (Lipinski definition) is 0. The summed E-state index contributed by atoms with van der Waals surface area (Å²) in [7, 11) is 0. The van der Waals surface area contributed by atoms with Crippen LogP contribution < -0.4 is 0 Å². The molecule has 6 rings (SSSR count). The lowest BCUT2D eigenvalue weighted by Crippen LogP contribution is -2.56. The minimum atomic E-state index is -0.257. The maximum absolute atomic E-state index is 13.4. The third kappa shape index (κ3) is 3.46. The number of morpholine rings is 1. The van der Waals surface area contributed by atoms with Crippen molar-refractivity contribution in [3.8, 4) is 11.1 Å². The lowest BCUT2D eigenvalue weighted by Gasteiger charge is -2.44. The highest BCUT2D eigenvalue weighted by Gasteiger charge is 2.40. The van der Waals surface area contributed by atoms with Crippen molar-refractivity contribution in [1.82, 2.24) is 4.90 Å². The summed E-state index contributed by atoms with van der Waals surface area (Å²) in [6.07, 6.45) is 4.54. The van der Waals surface area contributed by atoms with Gasteiger partial charge in [-0.3, -0.25) is 4.90 Å². The number of carbonyl (C=O) groups excluding carboxylic acids is 1. The van der Waals surface area contributed by atoms with Crippen LogP contribution in [0.2, 0.25) is 0 Å². The Balaban J connectivity index is 1.23. The summed E-state index contributed by atoms with van der Waals surface area (Å²) in [5.41, 5.74) is 8.45. The zero-order valence-corrected chi connectivity index (χ0v) is 19.0. The van der Waals surface area contributed by atoms with E-state index in [-0.39, 0.29) is 24.1 Å². The van der Waals surface area contributed by atoms with Crippen LogP contribution in [0.4, 0.5) is 4.79 Å². The number of benzene rings is 3. The van der Waals surface area contributed by atoms with E-state index in [0.29, 0.717) is 19.8 Å². The summed E-state index contributed by atoms with van der Waals surface area (Å²) in [5.74, 6) is 0.0582. The monoisotopic (exact) mass is 449 g/mol. The molecule has 0 N–H and O–H groups in total. The van der Waals surface area contributed by atoms with E-state index >= 15 is 0 Å².